The fraction of sp³-hybridized carbons (Fsp3) is 0.455. The first-order valence-electron chi connectivity index (χ1n) is 14.4. The van der Waals surface area contributed by atoms with Gasteiger partial charge in [-0.3, -0.25) is 4.98 Å². The number of aromatic nitrogens is 1. The van der Waals surface area contributed by atoms with E-state index in [-0.39, 0.29) is 5.41 Å². The van der Waals surface area contributed by atoms with Crippen LogP contribution in [0.3, 0.4) is 0 Å². The molecule has 0 amide bonds. The minimum absolute atomic E-state index is 0.307. The maximum absolute atomic E-state index is 10.7. The van der Waals surface area contributed by atoms with E-state index in [1.165, 1.54) is 53.3 Å². The van der Waals surface area contributed by atoms with Crippen molar-refractivity contribution in [2.75, 3.05) is 37.6 Å². The van der Waals surface area contributed by atoms with Crippen molar-refractivity contribution in [3.63, 3.8) is 0 Å². The second-order valence-corrected chi connectivity index (χ2v) is 12.6. The predicted octanol–water partition coefficient (Wildman–Crippen LogP) is 7.03. The molecule has 5 heteroatoms. The summed E-state index contributed by atoms with van der Waals surface area (Å²) in [5, 5.41) is 10.7. The topological polar surface area (TPSA) is 43.2 Å². The maximum atomic E-state index is 10.7. The summed E-state index contributed by atoms with van der Waals surface area (Å²) in [6.07, 6.45) is 11.0. The molecule has 38 heavy (non-hydrogen) atoms. The third kappa shape index (κ3) is 5.22. The summed E-state index contributed by atoms with van der Waals surface area (Å²) in [4.78, 5) is 11.8. The molecule has 1 aliphatic carbocycles. The van der Waals surface area contributed by atoms with Gasteiger partial charge in [-0.05, 0) is 92.6 Å². The SMILES string of the molecule is N#CC(c1ccccc1)(C1CCCC1)C1CCN(CC2CN(c3ccc(Sc4ccncc4)cc3)C2)CC1. The molecule has 6 rings (SSSR count). The lowest BCUT2D eigenvalue weighted by atomic mass is 9.60. The van der Waals surface area contributed by atoms with Crippen molar-refractivity contribution in [2.45, 2.75) is 53.7 Å². The van der Waals surface area contributed by atoms with Crippen molar-refractivity contribution in [3.05, 3.63) is 84.7 Å². The van der Waals surface area contributed by atoms with Crippen LogP contribution >= 0.6 is 11.8 Å². The van der Waals surface area contributed by atoms with Crippen LogP contribution in [-0.2, 0) is 5.41 Å². The number of nitriles is 1. The Morgan fingerprint density at radius 3 is 2.11 bits per heavy atom. The van der Waals surface area contributed by atoms with Gasteiger partial charge in [0.15, 0.2) is 0 Å². The zero-order valence-corrected chi connectivity index (χ0v) is 23.0. The van der Waals surface area contributed by atoms with Crippen LogP contribution in [0.4, 0.5) is 5.69 Å². The van der Waals surface area contributed by atoms with E-state index in [1.54, 1.807) is 11.8 Å². The number of anilines is 1. The second kappa shape index (κ2) is 11.5. The maximum Gasteiger partial charge on any atom is 0.0879 e. The predicted molar refractivity (Wildman–Crippen MR) is 155 cm³/mol. The molecule has 2 aliphatic heterocycles. The highest BCUT2D eigenvalue weighted by Crippen LogP contribution is 2.50. The molecular formula is C33H38N4S. The van der Waals surface area contributed by atoms with Crippen molar-refractivity contribution >= 4 is 17.4 Å². The van der Waals surface area contributed by atoms with Gasteiger partial charge in [0, 0.05) is 53.4 Å². The molecular weight excluding hydrogens is 484 g/mol. The summed E-state index contributed by atoms with van der Waals surface area (Å²) >= 11 is 1.78. The van der Waals surface area contributed by atoms with Crippen LogP contribution in [0.25, 0.3) is 0 Å². The Morgan fingerprint density at radius 2 is 1.45 bits per heavy atom. The van der Waals surface area contributed by atoms with Gasteiger partial charge in [-0.15, -0.1) is 0 Å². The number of benzene rings is 2. The Kier molecular flexibility index (Phi) is 7.72. The third-order valence-corrected chi connectivity index (χ3v) is 10.2. The van der Waals surface area contributed by atoms with Crippen molar-refractivity contribution in [3.8, 4) is 6.07 Å². The molecule has 3 aromatic rings. The Labute approximate surface area is 232 Å². The van der Waals surface area contributed by atoms with Gasteiger partial charge in [0.2, 0.25) is 0 Å². The van der Waals surface area contributed by atoms with E-state index in [2.05, 4.69) is 87.6 Å². The van der Waals surface area contributed by atoms with E-state index in [0.29, 0.717) is 11.8 Å². The van der Waals surface area contributed by atoms with Gasteiger partial charge in [-0.2, -0.15) is 5.26 Å². The van der Waals surface area contributed by atoms with E-state index in [0.717, 1.165) is 44.9 Å². The Balaban J connectivity index is 1.01. The lowest BCUT2D eigenvalue weighted by Gasteiger charge is -2.47. The zero-order valence-electron chi connectivity index (χ0n) is 22.2. The minimum atomic E-state index is -0.307. The average Bonchev–Trinajstić information content (AvgIpc) is 3.49. The second-order valence-electron chi connectivity index (χ2n) is 11.5. The van der Waals surface area contributed by atoms with Gasteiger partial charge in [-0.25, -0.2) is 0 Å². The first-order chi connectivity index (χ1) is 18.7. The molecule has 1 aromatic heterocycles. The highest BCUT2D eigenvalue weighted by Gasteiger charge is 2.48. The average molecular weight is 523 g/mol. The number of hydrogen-bond donors (Lipinski definition) is 0. The lowest BCUT2D eigenvalue weighted by Crippen LogP contribution is -2.53. The highest BCUT2D eigenvalue weighted by atomic mass is 32.2. The molecule has 0 bridgehead atoms. The molecule has 2 saturated heterocycles. The van der Waals surface area contributed by atoms with Crippen molar-refractivity contribution in [1.82, 2.24) is 9.88 Å². The van der Waals surface area contributed by atoms with Crippen LogP contribution in [0, 0.1) is 29.1 Å². The number of nitrogens with zero attached hydrogens (tertiary/aromatic N) is 4. The molecule has 3 fully saturated rings. The molecule has 0 radical (unpaired) electrons. The minimum Gasteiger partial charge on any atom is -0.371 e. The van der Waals surface area contributed by atoms with Gasteiger partial charge in [-0.1, -0.05) is 54.9 Å². The first kappa shape index (κ1) is 25.5. The van der Waals surface area contributed by atoms with Crippen LogP contribution in [0.2, 0.25) is 0 Å². The van der Waals surface area contributed by atoms with Gasteiger partial charge in [0.25, 0.3) is 0 Å². The van der Waals surface area contributed by atoms with Crippen molar-refractivity contribution in [1.29, 1.82) is 5.26 Å². The van der Waals surface area contributed by atoms with Crippen LogP contribution in [0.1, 0.15) is 44.1 Å². The van der Waals surface area contributed by atoms with E-state index in [4.69, 9.17) is 0 Å². The molecule has 3 heterocycles. The summed E-state index contributed by atoms with van der Waals surface area (Å²) in [5.74, 6) is 1.72. The quantitative estimate of drug-likeness (QED) is 0.318. The summed E-state index contributed by atoms with van der Waals surface area (Å²) in [6.45, 7) is 5.74. The number of pyridine rings is 1. The summed E-state index contributed by atoms with van der Waals surface area (Å²) in [7, 11) is 0. The van der Waals surface area contributed by atoms with Gasteiger partial charge >= 0.3 is 0 Å². The lowest BCUT2D eigenvalue weighted by molar-refractivity contribution is 0.103. The van der Waals surface area contributed by atoms with Gasteiger partial charge in [0.05, 0.1) is 11.5 Å². The summed E-state index contributed by atoms with van der Waals surface area (Å²) in [5.41, 5.74) is 2.30. The smallest absolute Gasteiger partial charge is 0.0879 e. The van der Waals surface area contributed by atoms with Crippen LogP contribution in [0.15, 0.2) is 88.9 Å². The van der Waals surface area contributed by atoms with Crippen molar-refractivity contribution in [2.24, 2.45) is 17.8 Å². The van der Waals surface area contributed by atoms with Gasteiger partial charge in [0.1, 0.15) is 0 Å². The molecule has 196 valence electrons. The van der Waals surface area contributed by atoms with E-state index >= 15 is 0 Å². The van der Waals surface area contributed by atoms with Crippen LogP contribution < -0.4 is 4.90 Å². The van der Waals surface area contributed by atoms with Crippen molar-refractivity contribution < 1.29 is 0 Å². The highest BCUT2D eigenvalue weighted by molar-refractivity contribution is 7.99. The molecule has 0 N–H and O–H groups in total. The standard InChI is InChI=1S/C33H38N4S/c34-25-33(28-8-4-5-9-28,27-6-2-1-3-7-27)29-16-20-36(21-17-29)22-26-23-37(24-26)30-10-12-31(13-11-30)38-32-14-18-35-19-15-32/h1-3,6-7,10-15,18-19,26,28-29H,4-5,8-9,16-17,20-24H2. The van der Waals surface area contributed by atoms with Gasteiger partial charge < -0.3 is 9.80 Å². The first-order valence-corrected chi connectivity index (χ1v) is 15.2. The molecule has 3 aliphatic rings. The fourth-order valence-corrected chi connectivity index (χ4v) is 8.05. The third-order valence-electron chi connectivity index (χ3n) is 9.23. The van der Waals surface area contributed by atoms with E-state index in [9.17, 15) is 5.26 Å². The fourth-order valence-electron chi connectivity index (χ4n) is 7.25. The summed E-state index contributed by atoms with van der Waals surface area (Å²) in [6, 6.07) is 26.8. The number of rotatable bonds is 8. The monoisotopic (exact) mass is 522 g/mol. The summed E-state index contributed by atoms with van der Waals surface area (Å²) < 4.78 is 0. The Morgan fingerprint density at radius 1 is 0.816 bits per heavy atom. The normalized spacial score (nSPS) is 21.1. The molecule has 1 unspecified atom stereocenters. The largest absolute Gasteiger partial charge is 0.371 e. The molecule has 1 saturated carbocycles. The van der Waals surface area contributed by atoms with Crippen LogP contribution in [0.5, 0.6) is 0 Å². The Hall–Kier alpha value is -2.81. The number of hydrogen-bond acceptors (Lipinski definition) is 5. The van der Waals surface area contributed by atoms with E-state index in [1.807, 2.05) is 12.4 Å². The molecule has 1 atom stereocenters. The van der Waals surface area contributed by atoms with E-state index < -0.39 is 0 Å². The molecule has 2 aromatic carbocycles. The van der Waals surface area contributed by atoms with Crippen LogP contribution in [-0.4, -0.2) is 42.6 Å². The molecule has 0 spiro atoms. The zero-order chi connectivity index (χ0) is 25.8. The molecule has 4 nitrogen and oxygen atoms in total. The number of piperidine rings is 1. The Bertz CT molecular complexity index is 1210. The number of likely N-dealkylation sites (tertiary alicyclic amines) is 1.